The monoisotopic (exact) mass is 341 g/mol. The first-order valence-electron chi connectivity index (χ1n) is 8.43. The minimum Gasteiger partial charge on any atom is -0.504 e. The molecule has 2 aromatic carbocycles. The van der Waals surface area contributed by atoms with Crippen molar-refractivity contribution in [2.45, 2.75) is 24.9 Å². The number of fused-ring (bicyclic) bond motifs is 6. The first kappa shape index (κ1) is 16.1. The van der Waals surface area contributed by atoms with Crippen molar-refractivity contribution in [2.24, 2.45) is 0 Å². The SMILES string of the molecule is COc1cc2c(cc1O)[C@@H]1Cc3cc(OC)c(OC)cc3[C@H](C2)N1C. The number of hydrogen-bond donors (Lipinski definition) is 1. The van der Waals surface area contributed by atoms with Gasteiger partial charge in [0.1, 0.15) is 0 Å². The molecular weight excluding hydrogens is 318 g/mol. The molecule has 0 fully saturated rings. The summed E-state index contributed by atoms with van der Waals surface area (Å²) in [4.78, 5) is 2.39. The van der Waals surface area contributed by atoms with Gasteiger partial charge in [0, 0.05) is 12.1 Å². The van der Waals surface area contributed by atoms with Crippen LogP contribution in [0.15, 0.2) is 24.3 Å². The second-order valence-corrected chi connectivity index (χ2v) is 6.73. The summed E-state index contributed by atoms with van der Waals surface area (Å²) in [6.45, 7) is 0. The third-order valence-corrected chi connectivity index (χ3v) is 5.61. The van der Waals surface area contributed by atoms with Crippen molar-refractivity contribution in [1.82, 2.24) is 4.90 Å². The largest absolute Gasteiger partial charge is 0.504 e. The number of aromatic hydroxyl groups is 1. The van der Waals surface area contributed by atoms with Gasteiger partial charge in [-0.15, -0.1) is 0 Å². The summed E-state index contributed by atoms with van der Waals surface area (Å²) in [5, 5.41) is 10.2. The molecule has 0 saturated heterocycles. The molecule has 2 heterocycles. The van der Waals surface area contributed by atoms with Crippen LogP contribution in [0, 0.1) is 0 Å². The average molecular weight is 341 g/mol. The standard InChI is InChI=1S/C20H23NO4/c1-21-15-6-12-8-19(24-3)20(25-4)10-14(12)16(21)5-11-7-18(23-2)17(22)9-13(11)15/h7-10,15-16,22H,5-6H2,1-4H3/t15-,16-/m0/s1. The molecule has 0 radical (unpaired) electrons. The molecule has 0 amide bonds. The molecule has 2 aliphatic rings. The summed E-state index contributed by atoms with van der Waals surface area (Å²) in [7, 11) is 7.08. The van der Waals surface area contributed by atoms with Gasteiger partial charge in [0.2, 0.25) is 0 Å². The molecule has 132 valence electrons. The smallest absolute Gasteiger partial charge is 0.161 e. The number of hydrogen-bond acceptors (Lipinski definition) is 5. The fourth-order valence-corrected chi connectivity index (χ4v) is 4.28. The number of rotatable bonds is 3. The number of phenols is 1. The van der Waals surface area contributed by atoms with Crippen LogP contribution in [0.1, 0.15) is 34.3 Å². The fraction of sp³-hybridized carbons (Fsp3) is 0.400. The van der Waals surface area contributed by atoms with Crippen molar-refractivity contribution in [2.75, 3.05) is 28.4 Å². The van der Waals surface area contributed by atoms with Gasteiger partial charge in [-0.25, -0.2) is 0 Å². The second-order valence-electron chi connectivity index (χ2n) is 6.73. The van der Waals surface area contributed by atoms with Crippen LogP contribution in [-0.4, -0.2) is 38.4 Å². The van der Waals surface area contributed by atoms with E-state index in [0.717, 1.165) is 24.3 Å². The van der Waals surface area contributed by atoms with Crippen molar-refractivity contribution in [3.63, 3.8) is 0 Å². The van der Waals surface area contributed by atoms with E-state index in [4.69, 9.17) is 14.2 Å². The summed E-state index contributed by atoms with van der Waals surface area (Å²) in [5.74, 6) is 2.27. The zero-order valence-corrected chi connectivity index (χ0v) is 15.0. The normalized spacial score (nSPS) is 21.3. The first-order valence-corrected chi connectivity index (χ1v) is 8.43. The number of benzene rings is 2. The van der Waals surface area contributed by atoms with Crippen molar-refractivity contribution in [3.8, 4) is 23.0 Å². The van der Waals surface area contributed by atoms with Gasteiger partial charge in [0.25, 0.3) is 0 Å². The molecule has 5 heteroatoms. The highest BCUT2D eigenvalue weighted by Crippen LogP contribution is 2.50. The molecule has 0 aliphatic carbocycles. The lowest BCUT2D eigenvalue weighted by Crippen LogP contribution is -2.40. The van der Waals surface area contributed by atoms with Crippen LogP contribution in [0.4, 0.5) is 0 Å². The quantitative estimate of drug-likeness (QED) is 0.929. The van der Waals surface area contributed by atoms with Gasteiger partial charge >= 0.3 is 0 Å². The van der Waals surface area contributed by atoms with Crippen LogP contribution in [0.5, 0.6) is 23.0 Å². The van der Waals surface area contributed by atoms with Crippen molar-refractivity contribution in [3.05, 3.63) is 46.5 Å². The molecule has 1 N–H and O–H groups in total. The Labute approximate surface area is 147 Å². The lowest BCUT2D eigenvalue weighted by Gasteiger charge is -2.46. The van der Waals surface area contributed by atoms with Gasteiger partial charge < -0.3 is 19.3 Å². The number of nitrogens with zero attached hydrogens (tertiary/aromatic N) is 1. The summed E-state index contributed by atoms with van der Waals surface area (Å²) in [5.41, 5.74) is 4.99. The summed E-state index contributed by atoms with van der Waals surface area (Å²) in [6.07, 6.45) is 1.75. The Hall–Kier alpha value is -2.40. The molecule has 2 aromatic rings. The molecule has 0 aromatic heterocycles. The molecule has 2 atom stereocenters. The average Bonchev–Trinajstić information content (AvgIpc) is 2.62. The maximum atomic E-state index is 10.2. The van der Waals surface area contributed by atoms with Crippen LogP contribution in [-0.2, 0) is 12.8 Å². The van der Waals surface area contributed by atoms with Crippen molar-refractivity contribution < 1.29 is 19.3 Å². The predicted octanol–water partition coefficient (Wildman–Crippen LogP) is 3.24. The zero-order valence-electron chi connectivity index (χ0n) is 15.0. The molecule has 0 saturated carbocycles. The highest BCUT2D eigenvalue weighted by atomic mass is 16.5. The summed E-state index contributed by atoms with van der Waals surface area (Å²) < 4.78 is 16.3. The minimum absolute atomic E-state index is 0.200. The van der Waals surface area contributed by atoms with Gasteiger partial charge in [-0.2, -0.15) is 0 Å². The molecule has 5 nitrogen and oxygen atoms in total. The van der Waals surface area contributed by atoms with Gasteiger partial charge in [-0.05, 0) is 66.4 Å². The van der Waals surface area contributed by atoms with E-state index in [9.17, 15) is 5.11 Å². The summed E-state index contributed by atoms with van der Waals surface area (Å²) >= 11 is 0. The highest BCUT2D eigenvalue weighted by molar-refractivity contribution is 5.55. The molecule has 2 bridgehead atoms. The van der Waals surface area contributed by atoms with Gasteiger partial charge in [0.05, 0.1) is 21.3 Å². The maximum Gasteiger partial charge on any atom is 0.161 e. The zero-order chi connectivity index (χ0) is 17.7. The van der Waals surface area contributed by atoms with Crippen LogP contribution in [0.2, 0.25) is 0 Å². The first-order chi connectivity index (χ1) is 12.1. The van der Waals surface area contributed by atoms with Crippen molar-refractivity contribution >= 4 is 0 Å². The van der Waals surface area contributed by atoms with Crippen molar-refractivity contribution in [1.29, 1.82) is 0 Å². The van der Waals surface area contributed by atoms with Crippen LogP contribution >= 0.6 is 0 Å². The predicted molar refractivity (Wildman–Crippen MR) is 94.9 cm³/mol. The fourth-order valence-electron chi connectivity index (χ4n) is 4.28. The maximum absolute atomic E-state index is 10.2. The van der Waals surface area contributed by atoms with E-state index >= 15 is 0 Å². The minimum atomic E-state index is 0.200. The van der Waals surface area contributed by atoms with E-state index in [0.29, 0.717) is 5.75 Å². The number of methoxy groups -OCH3 is 3. The highest BCUT2D eigenvalue weighted by Gasteiger charge is 2.39. The Morgan fingerprint density at radius 1 is 0.800 bits per heavy atom. The Kier molecular flexibility index (Phi) is 3.76. The summed E-state index contributed by atoms with van der Waals surface area (Å²) in [6, 6.07) is 8.54. The number of ether oxygens (including phenoxy) is 3. The van der Waals surface area contributed by atoms with E-state index in [1.807, 2.05) is 12.1 Å². The lowest BCUT2D eigenvalue weighted by atomic mass is 9.76. The third kappa shape index (κ3) is 2.34. The Morgan fingerprint density at radius 3 is 1.84 bits per heavy atom. The van der Waals surface area contributed by atoms with Crippen LogP contribution in [0.3, 0.4) is 0 Å². The Bertz CT molecular complexity index is 833. The molecule has 0 unspecified atom stereocenters. The van der Waals surface area contributed by atoms with Gasteiger partial charge in [-0.1, -0.05) is 0 Å². The second kappa shape index (κ2) is 5.85. The van der Waals surface area contributed by atoms with Crippen LogP contribution < -0.4 is 14.2 Å². The number of likely N-dealkylation sites (N-methyl/N-ethyl adjacent to an activating group) is 1. The van der Waals surface area contributed by atoms with E-state index < -0.39 is 0 Å². The van der Waals surface area contributed by atoms with Gasteiger partial charge in [0.15, 0.2) is 23.0 Å². The van der Waals surface area contributed by atoms with E-state index in [1.165, 1.54) is 22.3 Å². The van der Waals surface area contributed by atoms with E-state index in [2.05, 4.69) is 24.1 Å². The number of phenolic OH excluding ortho intramolecular Hbond substituents is 1. The molecule has 0 spiro atoms. The van der Waals surface area contributed by atoms with Crippen LogP contribution in [0.25, 0.3) is 0 Å². The molecular formula is C20H23NO4. The van der Waals surface area contributed by atoms with E-state index in [1.54, 1.807) is 21.3 Å². The molecule has 25 heavy (non-hydrogen) atoms. The third-order valence-electron chi connectivity index (χ3n) is 5.61. The van der Waals surface area contributed by atoms with E-state index in [-0.39, 0.29) is 17.8 Å². The lowest BCUT2D eigenvalue weighted by molar-refractivity contribution is 0.137. The molecule has 4 rings (SSSR count). The van der Waals surface area contributed by atoms with Gasteiger partial charge in [-0.3, -0.25) is 4.90 Å². The topological polar surface area (TPSA) is 51.2 Å². The Balaban J connectivity index is 1.84. The Morgan fingerprint density at radius 2 is 1.28 bits per heavy atom. The molecule has 2 aliphatic heterocycles.